The van der Waals surface area contributed by atoms with Gasteiger partial charge in [-0.25, -0.2) is 0 Å². The third-order valence-electron chi connectivity index (χ3n) is 3.69. The van der Waals surface area contributed by atoms with Gasteiger partial charge in [-0.2, -0.15) is 0 Å². The third kappa shape index (κ3) is 13.2. The van der Waals surface area contributed by atoms with E-state index in [2.05, 4.69) is 27.4 Å². The first kappa shape index (κ1) is 20.8. The van der Waals surface area contributed by atoms with Crippen LogP contribution in [0.2, 0.25) is 13.3 Å². The van der Waals surface area contributed by atoms with Crippen LogP contribution in [0.1, 0.15) is 64.9 Å². The Balaban J connectivity index is 0.000000423. The summed E-state index contributed by atoms with van der Waals surface area (Å²) >= 11 is -0.839. The molecule has 0 N–H and O–H groups in total. The molecule has 0 nitrogen and oxygen atoms in total. The molecular weight excluding hydrogens is 359 g/mol. The number of hydrogen-bond donors (Lipinski definition) is 0. The van der Waals surface area contributed by atoms with E-state index in [1.807, 2.05) is 36.4 Å². The number of unbranched alkanes of at least 4 members (excludes halogenated alkanes) is 3. The van der Waals surface area contributed by atoms with Crippen LogP contribution in [0.25, 0.3) is 6.08 Å². The van der Waals surface area contributed by atoms with E-state index in [4.69, 9.17) is 0 Å². The third-order valence-corrected chi connectivity index (χ3v) is 12.8. The van der Waals surface area contributed by atoms with Gasteiger partial charge in [-0.3, -0.25) is 0 Å². The van der Waals surface area contributed by atoms with Gasteiger partial charge < -0.3 is 0 Å². The Hall–Kier alpha value is -0.241. The Kier molecular flexibility index (Phi) is 15.9. The van der Waals surface area contributed by atoms with Crippen molar-refractivity contribution in [2.45, 2.75) is 72.6 Å². The molecule has 0 aliphatic rings. The van der Waals surface area contributed by atoms with Gasteiger partial charge in [0.25, 0.3) is 0 Å². The zero-order valence-corrected chi connectivity index (χ0v) is 17.4. The van der Waals surface area contributed by atoms with E-state index in [0.29, 0.717) is 0 Å². The van der Waals surface area contributed by atoms with E-state index >= 15 is 0 Å². The fourth-order valence-corrected chi connectivity index (χ4v) is 11.7. The van der Waals surface area contributed by atoms with Crippen LogP contribution in [0.5, 0.6) is 0 Å². The van der Waals surface area contributed by atoms with E-state index in [1.54, 1.807) is 13.3 Å². The average molecular weight is 394 g/mol. The Morgan fingerprint density at radius 1 is 0.810 bits per heavy atom. The molecule has 0 aliphatic heterocycles. The van der Waals surface area contributed by atoms with Gasteiger partial charge in [0.15, 0.2) is 0 Å². The Morgan fingerprint density at radius 3 is 1.52 bits per heavy atom. The van der Waals surface area contributed by atoms with Crippen LogP contribution in [0.4, 0.5) is 0 Å². The molecule has 0 unspecified atom stereocenters. The summed E-state index contributed by atoms with van der Waals surface area (Å²) in [4.78, 5) is 0. The molecule has 0 spiro atoms. The van der Waals surface area contributed by atoms with Gasteiger partial charge in [-0.15, -0.1) is 0 Å². The number of hydrogen-bond acceptors (Lipinski definition) is 0. The average Bonchev–Trinajstić information content (AvgIpc) is 2.55. The van der Waals surface area contributed by atoms with E-state index in [9.17, 15) is 0 Å². The molecule has 0 fully saturated rings. The molecule has 0 amide bonds. The van der Waals surface area contributed by atoms with Crippen LogP contribution >= 0.6 is 0 Å². The topological polar surface area (TPSA) is 0 Å². The summed E-state index contributed by atoms with van der Waals surface area (Å²) in [5.74, 6) is 0. The van der Waals surface area contributed by atoms with Crippen molar-refractivity contribution < 1.29 is 0 Å². The van der Waals surface area contributed by atoms with Gasteiger partial charge in [0.05, 0.1) is 0 Å². The van der Waals surface area contributed by atoms with Crippen LogP contribution in [-0.2, 0) is 0 Å². The van der Waals surface area contributed by atoms with Crippen LogP contribution in [0, 0.1) is 0 Å². The molecule has 1 heteroatoms. The van der Waals surface area contributed by atoms with E-state index in [0.717, 1.165) is 0 Å². The number of benzene rings is 1. The quantitative estimate of drug-likeness (QED) is 0.368. The summed E-state index contributed by atoms with van der Waals surface area (Å²) in [7, 11) is 0. The molecule has 0 heterocycles. The predicted molar refractivity (Wildman–Crippen MR) is 101 cm³/mol. The first-order valence-corrected chi connectivity index (χ1v) is 14.8. The zero-order valence-electron chi connectivity index (χ0n) is 14.5. The maximum absolute atomic E-state index is 3.63. The zero-order chi connectivity index (χ0) is 15.8. The molecule has 21 heavy (non-hydrogen) atoms. The van der Waals surface area contributed by atoms with Gasteiger partial charge in [-0.1, -0.05) is 43.0 Å². The van der Waals surface area contributed by atoms with Crippen molar-refractivity contribution in [3.8, 4) is 0 Å². The van der Waals surface area contributed by atoms with Gasteiger partial charge >= 0.3 is 92.4 Å². The van der Waals surface area contributed by atoms with Crippen LogP contribution in [-0.4, -0.2) is 19.8 Å². The predicted octanol–water partition coefficient (Wildman–Crippen LogP) is 7.21. The molecule has 119 valence electrons. The van der Waals surface area contributed by atoms with Crippen molar-refractivity contribution in [1.82, 2.24) is 0 Å². The normalized spacial score (nSPS) is 10.1. The standard InChI is InChI=1S/C8H8.3C4H9.Sn/c1-2-8-6-4-3-5-7-8;3*1-3-4-2;/h2-7H,1H2;3*1,3-4H2,2H3;. The molecular formula is C20H35Sn. The molecule has 1 radical (unpaired) electrons. The second-order valence-corrected chi connectivity index (χ2v) is 14.2. The summed E-state index contributed by atoms with van der Waals surface area (Å²) in [6, 6.07) is 10.0. The van der Waals surface area contributed by atoms with Crippen molar-refractivity contribution in [3.63, 3.8) is 0 Å². The summed E-state index contributed by atoms with van der Waals surface area (Å²) in [5.41, 5.74) is 1.17. The Morgan fingerprint density at radius 2 is 1.24 bits per heavy atom. The summed E-state index contributed by atoms with van der Waals surface area (Å²) < 4.78 is 5.04. The molecule has 0 bridgehead atoms. The van der Waals surface area contributed by atoms with Crippen LogP contribution in [0.15, 0.2) is 36.9 Å². The van der Waals surface area contributed by atoms with E-state index in [1.165, 1.54) is 44.1 Å². The molecule has 0 saturated carbocycles. The second kappa shape index (κ2) is 16.1. The van der Waals surface area contributed by atoms with Crippen molar-refractivity contribution in [2.75, 3.05) is 0 Å². The SMILES string of the molecule is C=Cc1ccccc1.CCC[CH2][Sn]([CH2]CCC)[CH2]CCC. The minimum absolute atomic E-state index is 0.839. The van der Waals surface area contributed by atoms with Gasteiger partial charge in [0, 0.05) is 0 Å². The fraction of sp³-hybridized carbons (Fsp3) is 0.600. The fourth-order valence-electron chi connectivity index (χ4n) is 2.24. The summed E-state index contributed by atoms with van der Waals surface area (Å²) in [6.45, 7) is 10.6. The molecule has 0 atom stereocenters. The summed E-state index contributed by atoms with van der Waals surface area (Å²) in [6.07, 6.45) is 10.7. The first-order valence-electron chi connectivity index (χ1n) is 8.79. The molecule has 1 aromatic carbocycles. The van der Waals surface area contributed by atoms with Crippen LogP contribution in [0.3, 0.4) is 0 Å². The minimum atomic E-state index is -0.839. The first-order chi connectivity index (χ1) is 10.3. The molecule has 0 aromatic heterocycles. The van der Waals surface area contributed by atoms with Crippen molar-refractivity contribution >= 4 is 25.8 Å². The summed E-state index contributed by atoms with van der Waals surface area (Å²) in [5, 5.41) is 0. The van der Waals surface area contributed by atoms with Gasteiger partial charge in [0.2, 0.25) is 0 Å². The molecule has 1 aromatic rings. The molecule has 0 aliphatic carbocycles. The van der Waals surface area contributed by atoms with Gasteiger partial charge in [0.1, 0.15) is 0 Å². The second-order valence-electron chi connectivity index (χ2n) is 5.68. The van der Waals surface area contributed by atoms with E-state index < -0.39 is 19.8 Å². The van der Waals surface area contributed by atoms with E-state index in [-0.39, 0.29) is 0 Å². The van der Waals surface area contributed by atoms with Crippen molar-refractivity contribution in [3.05, 3.63) is 42.5 Å². The van der Waals surface area contributed by atoms with Gasteiger partial charge in [-0.05, 0) is 5.56 Å². The molecule has 1 rings (SSSR count). The van der Waals surface area contributed by atoms with Crippen LogP contribution < -0.4 is 0 Å². The molecule has 0 saturated heterocycles. The Bertz CT molecular complexity index is 299. The van der Waals surface area contributed by atoms with Crippen molar-refractivity contribution in [1.29, 1.82) is 0 Å². The monoisotopic (exact) mass is 395 g/mol. The Labute approximate surface area is 140 Å². The maximum atomic E-state index is 3.63. The van der Waals surface area contributed by atoms with Crippen molar-refractivity contribution in [2.24, 2.45) is 0 Å². The number of rotatable bonds is 10.